The number of aromatic amines is 1. The summed E-state index contributed by atoms with van der Waals surface area (Å²) in [6.45, 7) is 8.68. The van der Waals surface area contributed by atoms with Gasteiger partial charge in [0.1, 0.15) is 6.04 Å². The third-order valence-corrected chi connectivity index (χ3v) is 6.76. The van der Waals surface area contributed by atoms with Gasteiger partial charge in [0.25, 0.3) is 5.91 Å². The third kappa shape index (κ3) is 3.22. The lowest BCUT2D eigenvalue weighted by Gasteiger charge is -2.36. The van der Waals surface area contributed by atoms with Crippen molar-refractivity contribution in [1.82, 2.24) is 20.1 Å². The molecule has 4 amide bonds. The number of urea groups is 1. The Bertz CT molecular complexity index is 1030. The van der Waals surface area contributed by atoms with Crippen molar-refractivity contribution < 1.29 is 14.4 Å². The van der Waals surface area contributed by atoms with Crippen molar-refractivity contribution in [3.8, 4) is 0 Å². The largest absolute Gasteiger partial charge is 0.356 e. The van der Waals surface area contributed by atoms with Gasteiger partial charge in [-0.3, -0.25) is 9.59 Å². The van der Waals surface area contributed by atoms with E-state index in [2.05, 4.69) is 17.2 Å². The zero-order valence-corrected chi connectivity index (χ0v) is 18.8. The maximum atomic E-state index is 13.8. The quantitative estimate of drug-likeness (QED) is 0.527. The SMILES string of the molecule is CCCCCNC(=O)C(C(C)C)N1C(=O)N2CCc3c([nH]c4ccccc34)C2(C)C1=O. The molecule has 2 aliphatic heterocycles. The van der Waals surface area contributed by atoms with Gasteiger partial charge in [-0.25, -0.2) is 9.69 Å². The van der Waals surface area contributed by atoms with Crippen LogP contribution in [0.1, 0.15) is 58.2 Å². The van der Waals surface area contributed by atoms with E-state index in [4.69, 9.17) is 0 Å². The topological polar surface area (TPSA) is 85.5 Å². The van der Waals surface area contributed by atoms with Crippen LogP contribution in [0.15, 0.2) is 24.3 Å². The number of carbonyl (C=O) groups is 3. The molecule has 166 valence electrons. The van der Waals surface area contributed by atoms with Gasteiger partial charge in [0.15, 0.2) is 5.54 Å². The number of imide groups is 1. The van der Waals surface area contributed by atoms with Gasteiger partial charge in [-0.1, -0.05) is 51.8 Å². The van der Waals surface area contributed by atoms with E-state index in [-0.39, 0.29) is 23.8 Å². The van der Waals surface area contributed by atoms with Crippen LogP contribution < -0.4 is 5.32 Å². The van der Waals surface area contributed by atoms with Crippen LogP contribution in [0, 0.1) is 5.92 Å². The van der Waals surface area contributed by atoms with Crippen LogP contribution in [0.2, 0.25) is 0 Å². The fraction of sp³-hybridized carbons (Fsp3) is 0.542. The van der Waals surface area contributed by atoms with E-state index in [1.165, 1.54) is 4.90 Å². The summed E-state index contributed by atoms with van der Waals surface area (Å²) in [5.74, 6) is -0.772. The summed E-state index contributed by atoms with van der Waals surface area (Å²) in [6.07, 6.45) is 3.66. The number of hydrogen-bond acceptors (Lipinski definition) is 3. The summed E-state index contributed by atoms with van der Waals surface area (Å²) in [5.41, 5.74) is 1.69. The number of unbranched alkanes of at least 4 members (excludes halogenated alkanes) is 2. The number of carbonyl (C=O) groups excluding carboxylic acids is 3. The molecule has 1 fully saturated rings. The lowest BCUT2D eigenvalue weighted by molar-refractivity contribution is -0.140. The predicted molar refractivity (Wildman–Crippen MR) is 119 cm³/mol. The molecular formula is C24H32N4O3. The molecule has 1 aromatic heterocycles. The highest BCUT2D eigenvalue weighted by Crippen LogP contribution is 2.45. The molecule has 0 saturated carbocycles. The summed E-state index contributed by atoms with van der Waals surface area (Å²) in [4.78, 5) is 46.5. The molecule has 2 atom stereocenters. The summed E-state index contributed by atoms with van der Waals surface area (Å²) >= 11 is 0. The van der Waals surface area contributed by atoms with Crippen molar-refractivity contribution in [3.63, 3.8) is 0 Å². The number of hydrogen-bond donors (Lipinski definition) is 2. The second-order valence-electron chi connectivity index (χ2n) is 9.14. The highest BCUT2D eigenvalue weighted by Gasteiger charge is 2.61. The number of fused-ring (bicyclic) bond motifs is 5. The smallest absolute Gasteiger partial charge is 0.328 e. The fourth-order valence-electron chi connectivity index (χ4n) is 5.07. The number of rotatable bonds is 7. The van der Waals surface area contributed by atoms with Gasteiger partial charge >= 0.3 is 6.03 Å². The van der Waals surface area contributed by atoms with Crippen molar-refractivity contribution >= 4 is 28.7 Å². The van der Waals surface area contributed by atoms with Crippen molar-refractivity contribution in [3.05, 3.63) is 35.5 Å². The highest BCUT2D eigenvalue weighted by molar-refractivity contribution is 6.11. The number of H-pyrrole nitrogens is 1. The number of amides is 4. The van der Waals surface area contributed by atoms with E-state index in [9.17, 15) is 14.4 Å². The number of para-hydroxylation sites is 1. The van der Waals surface area contributed by atoms with Crippen molar-refractivity contribution in [2.24, 2.45) is 5.92 Å². The lowest BCUT2D eigenvalue weighted by Crippen LogP contribution is -2.53. The monoisotopic (exact) mass is 424 g/mol. The average Bonchev–Trinajstić information content (AvgIpc) is 3.21. The van der Waals surface area contributed by atoms with E-state index in [0.29, 0.717) is 19.5 Å². The molecular weight excluding hydrogens is 392 g/mol. The van der Waals surface area contributed by atoms with Crippen molar-refractivity contribution in [1.29, 1.82) is 0 Å². The Morgan fingerprint density at radius 1 is 1.23 bits per heavy atom. The second kappa shape index (κ2) is 8.02. The Morgan fingerprint density at radius 2 is 1.97 bits per heavy atom. The molecule has 2 unspecified atom stereocenters. The Morgan fingerprint density at radius 3 is 2.68 bits per heavy atom. The van der Waals surface area contributed by atoms with Gasteiger partial charge in [0.05, 0.1) is 5.69 Å². The molecule has 2 N–H and O–H groups in total. The molecule has 0 spiro atoms. The summed E-state index contributed by atoms with van der Waals surface area (Å²) in [7, 11) is 0. The molecule has 31 heavy (non-hydrogen) atoms. The molecule has 3 heterocycles. The van der Waals surface area contributed by atoms with Gasteiger partial charge in [-0.15, -0.1) is 0 Å². The first-order chi connectivity index (χ1) is 14.8. The lowest BCUT2D eigenvalue weighted by atomic mass is 9.86. The highest BCUT2D eigenvalue weighted by atomic mass is 16.2. The van der Waals surface area contributed by atoms with Gasteiger partial charge in [0, 0.05) is 24.0 Å². The van der Waals surface area contributed by atoms with Gasteiger partial charge < -0.3 is 15.2 Å². The molecule has 7 nitrogen and oxygen atoms in total. The first-order valence-corrected chi connectivity index (χ1v) is 11.3. The van der Waals surface area contributed by atoms with E-state index < -0.39 is 11.6 Å². The van der Waals surface area contributed by atoms with Crippen molar-refractivity contribution in [2.75, 3.05) is 13.1 Å². The molecule has 4 rings (SSSR count). The minimum Gasteiger partial charge on any atom is -0.356 e. The van der Waals surface area contributed by atoms with E-state index >= 15 is 0 Å². The Labute approximate surface area is 183 Å². The summed E-state index contributed by atoms with van der Waals surface area (Å²) in [6, 6.07) is 6.77. The maximum Gasteiger partial charge on any atom is 0.328 e. The number of nitrogens with zero attached hydrogens (tertiary/aromatic N) is 2. The zero-order chi connectivity index (χ0) is 22.3. The molecule has 7 heteroatoms. The zero-order valence-electron chi connectivity index (χ0n) is 18.8. The van der Waals surface area contributed by atoms with Gasteiger partial charge in [-0.05, 0) is 37.3 Å². The minimum absolute atomic E-state index is 0.189. The van der Waals surface area contributed by atoms with E-state index in [1.807, 2.05) is 38.1 Å². The fourth-order valence-corrected chi connectivity index (χ4v) is 5.07. The van der Waals surface area contributed by atoms with Gasteiger partial charge in [-0.2, -0.15) is 0 Å². The van der Waals surface area contributed by atoms with Crippen LogP contribution in [0.25, 0.3) is 10.9 Å². The van der Waals surface area contributed by atoms with Crippen LogP contribution in [0.5, 0.6) is 0 Å². The minimum atomic E-state index is -1.13. The first kappa shape index (κ1) is 21.4. The molecule has 2 aromatic rings. The number of aromatic nitrogens is 1. The van der Waals surface area contributed by atoms with E-state index in [1.54, 1.807) is 11.8 Å². The molecule has 2 aliphatic rings. The Balaban J connectivity index is 1.69. The molecule has 0 radical (unpaired) electrons. The summed E-state index contributed by atoms with van der Waals surface area (Å²) in [5, 5.41) is 4.03. The Kier molecular flexibility index (Phi) is 5.54. The molecule has 1 aromatic carbocycles. The predicted octanol–water partition coefficient (Wildman–Crippen LogP) is 3.53. The van der Waals surface area contributed by atoms with Crippen LogP contribution in [0.3, 0.4) is 0 Å². The Hall–Kier alpha value is -2.83. The standard InChI is InChI=1S/C24H32N4O3/c1-5-6-9-13-25-21(29)19(15(2)3)28-22(30)24(4)20-17(12-14-27(24)23(28)31)16-10-7-8-11-18(16)26-20/h7-8,10-11,15,19,26H,5-6,9,12-14H2,1-4H3,(H,25,29). The summed E-state index contributed by atoms with van der Waals surface area (Å²) < 4.78 is 0. The third-order valence-electron chi connectivity index (χ3n) is 6.76. The van der Waals surface area contributed by atoms with Crippen LogP contribution in [0.4, 0.5) is 4.79 Å². The second-order valence-corrected chi connectivity index (χ2v) is 9.14. The number of benzene rings is 1. The molecule has 0 bridgehead atoms. The van der Waals surface area contributed by atoms with Crippen molar-refractivity contribution in [2.45, 2.75) is 65.0 Å². The first-order valence-electron chi connectivity index (χ1n) is 11.3. The average molecular weight is 425 g/mol. The number of nitrogens with one attached hydrogen (secondary N) is 2. The van der Waals surface area contributed by atoms with Crippen LogP contribution >= 0.6 is 0 Å². The van der Waals surface area contributed by atoms with Gasteiger partial charge in [0.2, 0.25) is 5.91 Å². The molecule has 0 aliphatic carbocycles. The van der Waals surface area contributed by atoms with Crippen LogP contribution in [-0.4, -0.2) is 51.8 Å². The molecule has 1 saturated heterocycles. The van der Waals surface area contributed by atoms with Crippen LogP contribution in [-0.2, 0) is 21.5 Å². The maximum absolute atomic E-state index is 13.8. The van der Waals surface area contributed by atoms with E-state index in [0.717, 1.165) is 41.4 Å². The normalized spacial score (nSPS) is 21.6.